The van der Waals surface area contributed by atoms with E-state index in [4.69, 9.17) is 0 Å². The predicted molar refractivity (Wildman–Crippen MR) is 334 cm³/mol. The summed E-state index contributed by atoms with van der Waals surface area (Å²) in [7, 11) is 0. The van der Waals surface area contributed by atoms with Crippen molar-refractivity contribution < 1.29 is 0 Å². The van der Waals surface area contributed by atoms with Gasteiger partial charge in [-0.25, -0.2) is 0 Å². The number of rotatable bonds is 7. The summed E-state index contributed by atoms with van der Waals surface area (Å²) in [4.78, 5) is 2.49. The van der Waals surface area contributed by atoms with Crippen LogP contribution in [0.25, 0.3) is 110 Å². The lowest BCUT2D eigenvalue weighted by molar-refractivity contribution is 0.749. The van der Waals surface area contributed by atoms with Crippen LogP contribution in [0.5, 0.6) is 0 Å². The monoisotopic (exact) mass is 1020 g/mol. The Kier molecular flexibility index (Phi) is 9.63. The van der Waals surface area contributed by atoms with E-state index in [1.165, 1.54) is 116 Å². The first-order valence-corrected chi connectivity index (χ1v) is 27.8. The number of hydrogen-bond acceptors (Lipinski definition) is 1. The van der Waals surface area contributed by atoms with Crippen LogP contribution in [0.3, 0.4) is 0 Å². The highest BCUT2D eigenvalue weighted by molar-refractivity contribution is 6.14. The smallest absolute Gasteiger partial charge is 0.0754 e. The third-order valence-corrected chi connectivity index (χ3v) is 17.5. The van der Waals surface area contributed by atoms with Crippen LogP contribution in [0.15, 0.2) is 297 Å². The first kappa shape index (κ1) is 44.6. The first-order chi connectivity index (χ1) is 39.7. The molecule has 3 heterocycles. The molecule has 1 spiro atoms. The zero-order chi connectivity index (χ0) is 52.5. The van der Waals surface area contributed by atoms with Crippen molar-refractivity contribution in [3.63, 3.8) is 0 Å². The van der Waals surface area contributed by atoms with Gasteiger partial charge in [0.1, 0.15) is 0 Å². The van der Waals surface area contributed by atoms with E-state index in [9.17, 15) is 0 Å². The fraction of sp³-hybridized carbons (Fsp3) is 0.0130. The van der Waals surface area contributed by atoms with E-state index < -0.39 is 5.41 Å². The van der Waals surface area contributed by atoms with Crippen molar-refractivity contribution >= 4 is 71.4 Å². The number of aromatic nitrogens is 2. The molecule has 0 saturated carbocycles. The average Bonchev–Trinajstić information content (AvgIpc) is 4.30. The van der Waals surface area contributed by atoms with Crippen LogP contribution in [0.1, 0.15) is 22.3 Å². The molecule has 0 amide bonds. The Labute approximate surface area is 463 Å². The van der Waals surface area contributed by atoms with E-state index in [-0.39, 0.29) is 0 Å². The Bertz CT molecular complexity index is 4970. The Balaban J connectivity index is 0.873. The second-order valence-corrected chi connectivity index (χ2v) is 21.5. The molecular formula is C77H49N3. The van der Waals surface area contributed by atoms with Crippen molar-refractivity contribution in [1.29, 1.82) is 0 Å². The molecule has 0 N–H and O–H groups in total. The van der Waals surface area contributed by atoms with Crippen molar-refractivity contribution in [2.24, 2.45) is 0 Å². The van der Waals surface area contributed by atoms with Gasteiger partial charge in [-0.1, -0.05) is 224 Å². The Morgan fingerprint density at radius 2 is 0.787 bits per heavy atom. The van der Waals surface area contributed by atoms with Gasteiger partial charge in [-0.05, 0) is 139 Å². The number of fused-ring (bicyclic) bond motifs is 16. The fourth-order valence-corrected chi connectivity index (χ4v) is 14.2. The molecule has 0 bridgehead atoms. The zero-order valence-corrected chi connectivity index (χ0v) is 43.6. The fourth-order valence-electron chi connectivity index (χ4n) is 14.2. The van der Waals surface area contributed by atoms with Gasteiger partial charge in [-0.3, -0.25) is 0 Å². The van der Waals surface area contributed by atoms with E-state index in [0.29, 0.717) is 0 Å². The van der Waals surface area contributed by atoms with Gasteiger partial charge in [0, 0.05) is 43.9 Å². The number of para-hydroxylation sites is 6. The molecule has 2 aromatic heterocycles. The summed E-state index contributed by atoms with van der Waals surface area (Å²) in [6, 6.07) is 111. The summed E-state index contributed by atoms with van der Waals surface area (Å²) in [5.74, 6) is 0. The average molecular weight is 1020 g/mol. The maximum Gasteiger partial charge on any atom is 0.0754 e. The summed E-state index contributed by atoms with van der Waals surface area (Å²) >= 11 is 0. The van der Waals surface area contributed by atoms with Crippen LogP contribution in [0.4, 0.5) is 17.1 Å². The molecule has 3 heteroatoms. The third-order valence-electron chi connectivity index (χ3n) is 17.5. The zero-order valence-electron chi connectivity index (χ0n) is 43.6. The number of anilines is 3. The van der Waals surface area contributed by atoms with Gasteiger partial charge in [0.25, 0.3) is 0 Å². The lowest BCUT2D eigenvalue weighted by atomic mass is 9.65. The minimum atomic E-state index is -0.554. The standard InChI is InChI=1S/C77H49N3/c1-2-20-50(21-3-1)51-22-18-23-52(48-51)57-24-7-13-35-70(57)78(54-41-43-55(44-42-54)79-71-36-14-8-28-62(71)63-29-9-15-37-72(63)79)74-47-46-56(58-25-4-5-27-61(58)74)53-40-45-60-59-26-6-11-32-66(59)77(69(60)49-53)67-33-12-17-39-75(67)80-73-38-16-10-30-64(73)65-31-19-34-68(77)76(65)80/h1-49H. The second kappa shape index (κ2) is 17.3. The van der Waals surface area contributed by atoms with E-state index in [2.05, 4.69) is 311 Å². The maximum atomic E-state index is 2.53. The molecule has 0 fully saturated rings. The third kappa shape index (κ3) is 6.26. The van der Waals surface area contributed by atoms with Crippen molar-refractivity contribution in [1.82, 2.24) is 9.13 Å². The molecule has 1 unspecified atom stereocenters. The van der Waals surface area contributed by atoms with Crippen LogP contribution >= 0.6 is 0 Å². The van der Waals surface area contributed by atoms with Crippen LogP contribution < -0.4 is 4.90 Å². The summed E-state index contributed by atoms with van der Waals surface area (Å²) in [5, 5.41) is 7.42. The van der Waals surface area contributed by atoms with Crippen LogP contribution in [0.2, 0.25) is 0 Å². The van der Waals surface area contributed by atoms with Crippen molar-refractivity contribution in [2.45, 2.75) is 5.41 Å². The lowest BCUT2D eigenvalue weighted by Crippen LogP contribution is -2.33. The van der Waals surface area contributed by atoms with Crippen molar-refractivity contribution in [3.05, 3.63) is 320 Å². The molecule has 1 aliphatic heterocycles. The van der Waals surface area contributed by atoms with Gasteiger partial charge in [-0.2, -0.15) is 0 Å². The quantitative estimate of drug-likeness (QED) is 0.155. The molecule has 15 aromatic rings. The molecule has 3 nitrogen and oxygen atoms in total. The van der Waals surface area contributed by atoms with Crippen LogP contribution in [-0.2, 0) is 5.41 Å². The van der Waals surface area contributed by atoms with Crippen molar-refractivity contribution in [3.8, 4) is 55.9 Å². The van der Waals surface area contributed by atoms with E-state index >= 15 is 0 Å². The van der Waals surface area contributed by atoms with E-state index in [0.717, 1.165) is 33.9 Å². The number of hydrogen-bond donors (Lipinski definition) is 0. The molecule has 1 aliphatic carbocycles. The van der Waals surface area contributed by atoms with Gasteiger partial charge in [0.15, 0.2) is 0 Å². The molecular weight excluding hydrogens is 967 g/mol. The Morgan fingerprint density at radius 1 is 0.263 bits per heavy atom. The highest BCUT2D eigenvalue weighted by Gasteiger charge is 2.51. The summed E-state index contributed by atoms with van der Waals surface area (Å²) in [6.07, 6.45) is 0. The molecule has 1 atom stereocenters. The van der Waals surface area contributed by atoms with Gasteiger partial charge in [0.05, 0.1) is 44.5 Å². The topological polar surface area (TPSA) is 13.1 Å². The predicted octanol–water partition coefficient (Wildman–Crippen LogP) is 20.2. The second-order valence-electron chi connectivity index (χ2n) is 21.5. The molecule has 17 rings (SSSR count). The van der Waals surface area contributed by atoms with Gasteiger partial charge < -0.3 is 14.0 Å². The largest absolute Gasteiger partial charge is 0.309 e. The van der Waals surface area contributed by atoms with Gasteiger partial charge in [0.2, 0.25) is 0 Å². The Morgan fingerprint density at radius 3 is 1.56 bits per heavy atom. The van der Waals surface area contributed by atoms with E-state index in [1.54, 1.807) is 0 Å². The minimum absolute atomic E-state index is 0.554. The maximum absolute atomic E-state index is 2.53. The summed E-state index contributed by atoms with van der Waals surface area (Å²) in [5.41, 5.74) is 24.9. The normalized spacial score (nSPS) is 14.1. The SMILES string of the molecule is c1ccc(-c2cccc(-c3ccccc3N(c3ccc(-n4c5ccccc5c5ccccc54)cc3)c3ccc(-c4ccc5c(c4)C4(c6ccccc6-5)c5ccccc5-n5c6ccccc6c6cccc4c65)c4ccccc34)c2)cc1. The Hall–Kier alpha value is -10.5. The summed E-state index contributed by atoms with van der Waals surface area (Å²) < 4.78 is 4.93. The van der Waals surface area contributed by atoms with Gasteiger partial charge in [-0.15, -0.1) is 0 Å². The number of benzene rings is 13. The van der Waals surface area contributed by atoms with Crippen LogP contribution in [-0.4, -0.2) is 9.13 Å². The molecule has 2 aliphatic rings. The molecule has 0 saturated heterocycles. The van der Waals surface area contributed by atoms with Gasteiger partial charge >= 0.3 is 0 Å². The minimum Gasteiger partial charge on any atom is -0.309 e. The van der Waals surface area contributed by atoms with E-state index in [1.807, 2.05) is 0 Å². The molecule has 80 heavy (non-hydrogen) atoms. The highest BCUT2D eigenvalue weighted by atomic mass is 15.1. The number of nitrogens with zero attached hydrogens (tertiary/aromatic N) is 3. The highest BCUT2D eigenvalue weighted by Crippen LogP contribution is 2.62. The lowest BCUT2D eigenvalue weighted by Gasteiger charge is -2.39. The molecule has 13 aromatic carbocycles. The van der Waals surface area contributed by atoms with Crippen LogP contribution in [0, 0.1) is 0 Å². The first-order valence-electron chi connectivity index (χ1n) is 27.8. The molecule has 372 valence electrons. The molecule has 0 radical (unpaired) electrons. The summed E-state index contributed by atoms with van der Waals surface area (Å²) in [6.45, 7) is 0. The van der Waals surface area contributed by atoms with Crippen molar-refractivity contribution in [2.75, 3.05) is 4.90 Å².